The van der Waals surface area contributed by atoms with Gasteiger partial charge in [-0.05, 0) is 36.4 Å². The van der Waals surface area contributed by atoms with Crippen LogP contribution in [0.4, 0.5) is 17.1 Å². The fourth-order valence-corrected chi connectivity index (χ4v) is 2.88. The minimum atomic E-state index is -0.520. The van der Waals surface area contributed by atoms with E-state index in [1.807, 2.05) is 30.3 Å². The van der Waals surface area contributed by atoms with E-state index in [9.17, 15) is 14.9 Å². The van der Waals surface area contributed by atoms with Gasteiger partial charge in [-0.2, -0.15) is 0 Å². The molecule has 4 rings (SSSR count). The Morgan fingerprint density at radius 1 is 1.03 bits per heavy atom. The van der Waals surface area contributed by atoms with Crippen molar-refractivity contribution in [3.05, 3.63) is 94.4 Å². The zero-order valence-corrected chi connectivity index (χ0v) is 15.1. The molecule has 9 heteroatoms. The van der Waals surface area contributed by atoms with Crippen molar-refractivity contribution in [2.75, 3.05) is 5.32 Å². The number of nitro groups is 1. The average molecular weight is 388 g/mol. The van der Waals surface area contributed by atoms with Crippen LogP contribution in [0.2, 0.25) is 0 Å². The number of carbonyl (C=O) groups is 1. The van der Waals surface area contributed by atoms with Gasteiger partial charge < -0.3 is 10.6 Å². The van der Waals surface area contributed by atoms with E-state index in [4.69, 9.17) is 0 Å². The maximum atomic E-state index is 12.5. The van der Waals surface area contributed by atoms with Crippen molar-refractivity contribution < 1.29 is 9.72 Å². The Labute approximate surface area is 165 Å². The fraction of sp³-hybridized carbons (Fsp3) is 0.0500. The van der Waals surface area contributed by atoms with Gasteiger partial charge in [-0.1, -0.05) is 24.3 Å². The molecule has 1 amide bonds. The van der Waals surface area contributed by atoms with Crippen LogP contribution in [0.15, 0.2) is 72.9 Å². The lowest BCUT2D eigenvalue weighted by Crippen LogP contribution is -2.24. The van der Waals surface area contributed by atoms with Gasteiger partial charge in [0.1, 0.15) is 5.69 Å². The molecule has 2 heterocycles. The zero-order chi connectivity index (χ0) is 20.2. The molecule has 0 aliphatic heterocycles. The molecule has 2 aromatic carbocycles. The number of fused-ring (bicyclic) bond motifs is 1. The van der Waals surface area contributed by atoms with Crippen LogP contribution < -0.4 is 10.6 Å². The Hall–Kier alpha value is -4.27. The lowest BCUT2D eigenvalue weighted by molar-refractivity contribution is -0.383. The molecular formula is C20H16N6O3. The Morgan fingerprint density at radius 3 is 2.62 bits per heavy atom. The second kappa shape index (κ2) is 7.77. The third-order valence-electron chi connectivity index (χ3n) is 4.30. The number of hydrogen-bond donors (Lipinski definition) is 2. The van der Waals surface area contributed by atoms with Gasteiger partial charge in [0.05, 0.1) is 11.5 Å². The summed E-state index contributed by atoms with van der Waals surface area (Å²) in [5, 5.41) is 25.3. The number of pyridine rings is 1. The first-order valence-corrected chi connectivity index (χ1v) is 8.79. The number of para-hydroxylation sites is 1. The first-order chi connectivity index (χ1) is 14.1. The summed E-state index contributed by atoms with van der Waals surface area (Å²) in [6, 6.07) is 18.9. The molecule has 0 unspecified atom stereocenters. The van der Waals surface area contributed by atoms with Crippen molar-refractivity contribution in [3.63, 3.8) is 0 Å². The van der Waals surface area contributed by atoms with Crippen molar-refractivity contribution in [2.45, 2.75) is 6.54 Å². The smallest absolute Gasteiger partial charge is 0.293 e. The molecule has 29 heavy (non-hydrogen) atoms. The van der Waals surface area contributed by atoms with E-state index >= 15 is 0 Å². The van der Waals surface area contributed by atoms with Crippen molar-refractivity contribution in [1.29, 1.82) is 0 Å². The highest BCUT2D eigenvalue weighted by atomic mass is 16.6. The second-order valence-corrected chi connectivity index (χ2v) is 6.21. The van der Waals surface area contributed by atoms with Crippen LogP contribution in [0.5, 0.6) is 0 Å². The van der Waals surface area contributed by atoms with E-state index in [1.165, 1.54) is 18.2 Å². The first-order valence-electron chi connectivity index (χ1n) is 8.79. The average Bonchev–Trinajstić information content (AvgIpc) is 3.16. The Bertz CT molecular complexity index is 1190. The van der Waals surface area contributed by atoms with Gasteiger partial charge in [0.2, 0.25) is 0 Å². The SMILES string of the molecule is O=C(NCc1nnc2ccccn12)c1ccc(Nc2ccccc2)c([N+](=O)[O-])c1. The van der Waals surface area contributed by atoms with Crippen molar-refractivity contribution in [1.82, 2.24) is 19.9 Å². The van der Waals surface area contributed by atoms with E-state index < -0.39 is 10.8 Å². The summed E-state index contributed by atoms with van der Waals surface area (Å²) >= 11 is 0. The maximum absolute atomic E-state index is 12.5. The van der Waals surface area contributed by atoms with Crippen LogP contribution in [0.25, 0.3) is 5.65 Å². The van der Waals surface area contributed by atoms with Gasteiger partial charge in [0, 0.05) is 23.5 Å². The number of nitrogens with one attached hydrogen (secondary N) is 2. The summed E-state index contributed by atoms with van der Waals surface area (Å²) < 4.78 is 1.76. The molecule has 144 valence electrons. The minimum absolute atomic E-state index is 0.141. The van der Waals surface area contributed by atoms with Crippen molar-refractivity contribution in [2.24, 2.45) is 0 Å². The Balaban J connectivity index is 1.52. The fourth-order valence-electron chi connectivity index (χ4n) is 2.88. The largest absolute Gasteiger partial charge is 0.350 e. The lowest BCUT2D eigenvalue weighted by Gasteiger charge is -2.09. The molecule has 2 N–H and O–H groups in total. The predicted octanol–water partition coefficient (Wildman–Crippen LogP) is 3.31. The topological polar surface area (TPSA) is 114 Å². The molecule has 0 radical (unpaired) electrons. The number of amides is 1. The van der Waals surface area contributed by atoms with Crippen LogP contribution in [0.3, 0.4) is 0 Å². The van der Waals surface area contributed by atoms with Crippen LogP contribution >= 0.6 is 0 Å². The van der Waals surface area contributed by atoms with E-state index in [1.54, 1.807) is 28.8 Å². The molecule has 0 aliphatic carbocycles. The molecule has 0 saturated heterocycles. The highest BCUT2D eigenvalue weighted by molar-refractivity contribution is 5.95. The van der Waals surface area contributed by atoms with E-state index in [-0.39, 0.29) is 17.8 Å². The van der Waals surface area contributed by atoms with E-state index in [0.29, 0.717) is 22.8 Å². The third kappa shape index (κ3) is 3.88. The standard InChI is InChI=1S/C20H16N6O3/c27-20(21-13-19-24-23-18-8-4-5-11-25(18)19)14-9-10-16(17(12-14)26(28)29)22-15-6-2-1-3-7-15/h1-12,22H,13H2,(H,21,27). The molecule has 0 spiro atoms. The van der Waals surface area contributed by atoms with Crippen LogP contribution in [0, 0.1) is 10.1 Å². The number of rotatable bonds is 6. The first kappa shape index (κ1) is 18.1. The normalized spacial score (nSPS) is 10.6. The maximum Gasteiger partial charge on any atom is 0.293 e. The van der Waals surface area contributed by atoms with Crippen molar-refractivity contribution in [3.8, 4) is 0 Å². The summed E-state index contributed by atoms with van der Waals surface area (Å²) in [4.78, 5) is 23.5. The highest BCUT2D eigenvalue weighted by Gasteiger charge is 2.18. The van der Waals surface area contributed by atoms with Crippen molar-refractivity contribution >= 4 is 28.6 Å². The minimum Gasteiger partial charge on any atom is -0.350 e. The Kier molecular flexibility index (Phi) is 4.85. The molecule has 0 aliphatic rings. The third-order valence-corrected chi connectivity index (χ3v) is 4.30. The quantitative estimate of drug-likeness (QED) is 0.387. The summed E-state index contributed by atoms with van der Waals surface area (Å²) in [6.45, 7) is 0.141. The summed E-state index contributed by atoms with van der Waals surface area (Å²) in [5.74, 6) is 0.123. The number of hydrogen-bond acceptors (Lipinski definition) is 6. The molecule has 0 fully saturated rings. The molecular weight excluding hydrogens is 372 g/mol. The number of aromatic nitrogens is 3. The summed E-state index contributed by atoms with van der Waals surface area (Å²) in [6.07, 6.45) is 1.80. The van der Waals surface area contributed by atoms with Gasteiger partial charge in [-0.25, -0.2) is 0 Å². The number of nitro benzene ring substituents is 1. The monoisotopic (exact) mass is 388 g/mol. The number of benzene rings is 2. The Morgan fingerprint density at radius 2 is 1.83 bits per heavy atom. The number of anilines is 2. The van der Waals surface area contributed by atoms with Crippen LogP contribution in [-0.2, 0) is 6.54 Å². The molecule has 0 bridgehead atoms. The second-order valence-electron chi connectivity index (χ2n) is 6.21. The highest BCUT2D eigenvalue weighted by Crippen LogP contribution is 2.28. The molecule has 9 nitrogen and oxygen atoms in total. The van der Waals surface area contributed by atoms with Gasteiger partial charge in [0.25, 0.3) is 11.6 Å². The van der Waals surface area contributed by atoms with Gasteiger partial charge >= 0.3 is 0 Å². The van der Waals surface area contributed by atoms with E-state index in [2.05, 4.69) is 20.8 Å². The molecule has 0 atom stereocenters. The predicted molar refractivity (Wildman–Crippen MR) is 107 cm³/mol. The van der Waals surface area contributed by atoms with Gasteiger partial charge in [-0.3, -0.25) is 19.3 Å². The summed E-state index contributed by atoms with van der Waals surface area (Å²) in [7, 11) is 0. The molecule has 0 saturated carbocycles. The van der Waals surface area contributed by atoms with Gasteiger partial charge in [-0.15, -0.1) is 10.2 Å². The van der Waals surface area contributed by atoms with Gasteiger partial charge in [0.15, 0.2) is 11.5 Å². The lowest BCUT2D eigenvalue weighted by atomic mass is 10.1. The number of carbonyl (C=O) groups excluding carboxylic acids is 1. The van der Waals surface area contributed by atoms with Crippen LogP contribution in [-0.4, -0.2) is 25.4 Å². The van der Waals surface area contributed by atoms with Crippen LogP contribution in [0.1, 0.15) is 16.2 Å². The molecule has 2 aromatic heterocycles. The number of nitrogens with zero attached hydrogens (tertiary/aromatic N) is 4. The zero-order valence-electron chi connectivity index (χ0n) is 15.1. The molecule has 4 aromatic rings. The summed E-state index contributed by atoms with van der Waals surface area (Å²) in [5.41, 5.74) is 1.69. The van der Waals surface area contributed by atoms with E-state index in [0.717, 1.165) is 0 Å².